The number of amides is 2. The third-order valence-electron chi connectivity index (χ3n) is 5.98. The molecule has 4 aliphatic rings. The highest BCUT2D eigenvalue weighted by molar-refractivity contribution is 5.95. The summed E-state index contributed by atoms with van der Waals surface area (Å²) in [6.45, 7) is 2.87. The number of carbonyl (C=O) groups excluding carboxylic acids is 2. The number of ether oxygens (including phenoxy) is 1. The highest BCUT2D eigenvalue weighted by Crippen LogP contribution is 2.60. The monoisotopic (exact) mass is 278 g/mol. The zero-order valence-corrected chi connectivity index (χ0v) is 11.8. The normalized spacial score (nSPS) is 33.7. The van der Waals surface area contributed by atoms with E-state index in [1.54, 1.807) is 0 Å². The highest BCUT2D eigenvalue weighted by Gasteiger charge is 2.62. The lowest BCUT2D eigenvalue weighted by Crippen LogP contribution is -2.69. The molecular weight excluding hydrogens is 256 g/mol. The van der Waals surface area contributed by atoms with Gasteiger partial charge in [-0.2, -0.15) is 0 Å². The maximum atomic E-state index is 12.9. The van der Waals surface area contributed by atoms with Gasteiger partial charge >= 0.3 is 0 Å². The van der Waals surface area contributed by atoms with Crippen molar-refractivity contribution in [3.8, 4) is 0 Å². The Morgan fingerprint density at radius 3 is 2.65 bits per heavy atom. The van der Waals surface area contributed by atoms with Crippen LogP contribution >= 0.6 is 0 Å². The largest absolute Gasteiger partial charge is 0.381 e. The van der Waals surface area contributed by atoms with Gasteiger partial charge in [-0.15, -0.1) is 0 Å². The van der Waals surface area contributed by atoms with Gasteiger partial charge in [-0.3, -0.25) is 9.59 Å². The van der Waals surface area contributed by atoms with Crippen LogP contribution < -0.4 is 5.32 Å². The summed E-state index contributed by atoms with van der Waals surface area (Å²) in [7, 11) is 0. The summed E-state index contributed by atoms with van der Waals surface area (Å²) >= 11 is 0. The Hall–Kier alpha value is -1.10. The highest BCUT2D eigenvalue weighted by atomic mass is 16.5. The quantitative estimate of drug-likeness (QED) is 0.767. The van der Waals surface area contributed by atoms with E-state index in [-0.39, 0.29) is 23.1 Å². The van der Waals surface area contributed by atoms with Crippen LogP contribution in [0.25, 0.3) is 0 Å². The predicted octanol–water partition coefficient (Wildman–Crippen LogP) is 0.684. The molecule has 1 atom stereocenters. The van der Waals surface area contributed by atoms with Gasteiger partial charge in [0, 0.05) is 32.2 Å². The summed E-state index contributed by atoms with van der Waals surface area (Å²) < 4.78 is 5.42. The molecule has 1 unspecified atom stereocenters. The molecule has 4 rings (SSSR count). The summed E-state index contributed by atoms with van der Waals surface area (Å²) in [5.41, 5.74) is -0.293. The van der Waals surface area contributed by atoms with Crippen molar-refractivity contribution >= 4 is 11.8 Å². The van der Waals surface area contributed by atoms with Crippen LogP contribution in [0, 0.1) is 11.3 Å². The van der Waals surface area contributed by atoms with Crippen molar-refractivity contribution in [2.75, 3.05) is 26.3 Å². The zero-order valence-electron chi connectivity index (χ0n) is 11.8. The fourth-order valence-electron chi connectivity index (χ4n) is 4.33. The van der Waals surface area contributed by atoms with Crippen molar-refractivity contribution in [3.05, 3.63) is 0 Å². The van der Waals surface area contributed by atoms with Crippen molar-refractivity contribution in [2.24, 2.45) is 11.3 Å². The Morgan fingerprint density at radius 2 is 2.00 bits per heavy atom. The molecule has 2 heterocycles. The minimum absolute atomic E-state index is 0.0741. The average Bonchev–Trinajstić information content (AvgIpc) is 3.10. The first-order valence-electron chi connectivity index (χ1n) is 7.86. The van der Waals surface area contributed by atoms with E-state index in [9.17, 15) is 9.59 Å². The fourth-order valence-corrected chi connectivity index (χ4v) is 4.33. The number of hydrogen-bond donors (Lipinski definition) is 1. The first kappa shape index (κ1) is 12.6. The lowest BCUT2D eigenvalue weighted by molar-refractivity contribution is -0.159. The Labute approximate surface area is 119 Å². The van der Waals surface area contributed by atoms with Gasteiger partial charge < -0.3 is 15.0 Å². The maximum absolute atomic E-state index is 12.9. The van der Waals surface area contributed by atoms with E-state index in [4.69, 9.17) is 4.74 Å². The molecule has 0 radical (unpaired) electrons. The lowest BCUT2D eigenvalue weighted by Gasteiger charge is -2.51. The van der Waals surface area contributed by atoms with Gasteiger partial charge in [-0.25, -0.2) is 0 Å². The van der Waals surface area contributed by atoms with Crippen LogP contribution in [-0.2, 0) is 14.3 Å². The molecule has 110 valence electrons. The van der Waals surface area contributed by atoms with Gasteiger partial charge in [0.15, 0.2) is 0 Å². The van der Waals surface area contributed by atoms with E-state index in [0.717, 1.165) is 51.7 Å². The standard InChI is InChI=1S/C15H22N2O3/c18-12(11-10-14(11)4-8-20-9-5-14)17-7-6-16-13(19)15(17)2-1-3-15/h11H,1-10H2,(H,16,19). The molecule has 4 fully saturated rings. The molecule has 0 bridgehead atoms. The van der Waals surface area contributed by atoms with Gasteiger partial charge in [0.2, 0.25) is 11.8 Å². The minimum Gasteiger partial charge on any atom is -0.381 e. The van der Waals surface area contributed by atoms with E-state index >= 15 is 0 Å². The molecule has 2 saturated heterocycles. The number of piperazine rings is 1. The second-order valence-electron chi connectivity index (χ2n) is 6.86. The van der Waals surface area contributed by atoms with Crippen molar-refractivity contribution in [2.45, 2.75) is 44.1 Å². The van der Waals surface area contributed by atoms with Crippen molar-refractivity contribution in [3.63, 3.8) is 0 Å². The van der Waals surface area contributed by atoms with E-state index in [1.807, 2.05) is 4.90 Å². The summed E-state index contributed by atoms with van der Waals surface area (Å²) in [5, 5.41) is 2.94. The topological polar surface area (TPSA) is 58.6 Å². The van der Waals surface area contributed by atoms with E-state index < -0.39 is 5.54 Å². The van der Waals surface area contributed by atoms with Crippen LogP contribution in [-0.4, -0.2) is 48.6 Å². The number of hydrogen-bond acceptors (Lipinski definition) is 3. The molecule has 20 heavy (non-hydrogen) atoms. The Kier molecular flexibility index (Phi) is 2.65. The maximum Gasteiger partial charge on any atom is 0.246 e. The summed E-state index contributed by atoms with van der Waals surface area (Å²) in [4.78, 5) is 27.0. The molecule has 1 N–H and O–H groups in total. The number of nitrogens with one attached hydrogen (secondary N) is 1. The van der Waals surface area contributed by atoms with Gasteiger partial charge in [-0.1, -0.05) is 0 Å². The lowest BCUT2D eigenvalue weighted by atomic mass is 9.73. The summed E-state index contributed by atoms with van der Waals surface area (Å²) in [6, 6.07) is 0. The second kappa shape index (κ2) is 4.20. The van der Waals surface area contributed by atoms with Crippen molar-refractivity contribution in [1.82, 2.24) is 10.2 Å². The summed E-state index contributed by atoms with van der Waals surface area (Å²) in [5.74, 6) is 0.459. The fraction of sp³-hybridized carbons (Fsp3) is 0.867. The molecule has 2 spiro atoms. The first-order valence-corrected chi connectivity index (χ1v) is 7.86. The van der Waals surface area contributed by atoms with Crippen LogP contribution in [0.1, 0.15) is 38.5 Å². The van der Waals surface area contributed by atoms with Crippen LogP contribution in [0.15, 0.2) is 0 Å². The number of nitrogens with zero attached hydrogens (tertiary/aromatic N) is 1. The minimum atomic E-state index is -0.496. The molecule has 2 saturated carbocycles. The Balaban J connectivity index is 1.52. The van der Waals surface area contributed by atoms with Crippen molar-refractivity contribution in [1.29, 1.82) is 0 Å². The van der Waals surface area contributed by atoms with Gasteiger partial charge in [-0.05, 0) is 43.9 Å². The van der Waals surface area contributed by atoms with Crippen LogP contribution in [0.3, 0.4) is 0 Å². The van der Waals surface area contributed by atoms with E-state index in [1.165, 1.54) is 0 Å². The second-order valence-corrected chi connectivity index (χ2v) is 6.86. The van der Waals surface area contributed by atoms with Crippen molar-refractivity contribution < 1.29 is 14.3 Å². The Bertz CT molecular complexity index is 452. The van der Waals surface area contributed by atoms with E-state index in [2.05, 4.69) is 5.32 Å². The van der Waals surface area contributed by atoms with E-state index in [0.29, 0.717) is 13.1 Å². The number of carbonyl (C=O) groups is 2. The molecule has 0 aromatic heterocycles. The van der Waals surface area contributed by atoms with Gasteiger partial charge in [0.05, 0.1) is 0 Å². The van der Waals surface area contributed by atoms with Gasteiger partial charge in [0.1, 0.15) is 5.54 Å². The molecule has 0 aromatic carbocycles. The van der Waals surface area contributed by atoms with Crippen LogP contribution in [0.5, 0.6) is 0 Å². The van der Waals surface area contributed by atoms with Crippen LogP contribution in [0.4, 0.5) is 0 Å². The Morgan fingerprint density at radius 1 is 1.25 bits per heavy atom. The smallest absolute Gasteiger partial charge is 0.246 e. The molecule has 5 heteroatoms. The predicted molar refractivity (Wildman–Crippen MR) is 71.9 cm³/mol. The molecule has 2 aliphatic heterocycles. The zero-order chi connectivity index (χ0) is 13.8. The third-order valence-corrected chi connectivity index (χ3v) is 5.98. The first-order chi connectivity index (χ1) is 9.68. The SMILES string of the molecule is O=C(C1CC12CCOCC2)N1CCNC(=O)C12CCC2. The molecule has 2 amide bonds. The molecule has 2 aliphatic carbocycles. The van der Waals surface area contributed by atoms with Gasteiger partial charge in [0.25, 0.3) is 0 Å². The third kappa shape index (κ3) is 1.59. The molecular formula is C15H22N2O3. The van der Waals surface area contributed by atoms with Crippen LogP contribution in [0.2, 0.25) is 0 Å². The summed E-state index contributed by atoms with van der Waals surface area (Å²) in [6.07, 6.45) is 5.76. The molecule has 0 aromatic rings. The number of rotatable bonds is 1. The average molecular weight is 278 g/mol. The molecule has 5 nitrogen and oxygen atoms in total.